The molecule has 2 aromatic rings. The van der Waals surface area contributed by atoms with Gasteiger partial charge in [-0.2, -0.15) is 5.26 Å². The first-order valence-corrected chi connectivity index (χ1v) is 7.67. The Bertz CT molecular complexity index is 583. The predicted octanol–water partition coefficient (Wildman–Crippen LogP) is 3.53. The lowest BCUT2D eigenvalue weighted by Gasteiger charge is -2.12. The van der Waals surface area contributed by atoms with Crippen LogP contribution in [-0.4, -0.2) is 16.7 Å². The quantitative estimate of drug-likeness (QED) is 0.882. The third-order valence-corrected chi connectivity index (χ3v) is 4.13. The second kappa shape index (κ2) is 7.13. The average Bonchev–Trinajstić information content (AvgIpc) is 2.98. The fraction of sp³-hybridized carbons (Fsp3) is 0.400. The molecule has 20 heavy (non-hydrogen) atoms. The van der Waals surface area contributed by atoms with Gasteiger partial charge in [0.1, 0.15) is 10.0 Å². The maximum atomic E-state index is 8.81. The first-order chi connectivity index (χ1) is 9.78. The molecule has 1 atom stereocenters. The molecule has 1 aromatic heterocycles. The Kier molecular flexibility index (Phi) is 5.22. The summed E-state index contributed by atoms with van der Waals surface area (Å²) < 4.78 is 0. The van der Waals surface area contributed by atoms with E-state index in [0.29, 0.717) is 5.56 Å². The molecule has 0 amide bonds. The molecule has 1 aromatic carbocycles. The van der Waals surface area contributed by atoms with Gasteiger partial charge in [0.25, 0.3) is 0 Å². The third kappa shape index (κ3) is 3.41. The van der Waals surface area contributed by atoms with Gasteiger partial charge in [0, 0.05) is 5.56 Å². The zero-order chi connectivity index (χ0) is 14.4. The summed E-state index contributed by atoms with van der Waals surface area (Å²) in [4.78, 5) is 0. The molecule has 0 saturated heterocycles. The van der Waals surface area contributed by atoms with Gasteiger partial charge >= 0.3 is 0 Å². The number of hydrogen-bond donors (Lipinski definition) is 1. The van der Waals surface area contributed by atoms with E-state index in [9.17, 15) is 0 Å². The van der Waals surface area contributed by atoms with E-state index in [-0.39, 0.29) is 6.04 Å². The lowest BCUT2D eigenvalue weighted by atomic mass is 10.2. The van der Waals surface area contributed by atoms with E-state index in [1.165, 1.54) is 0 Å². The van der Waals surface area contributed by atoms with Crippen LogP contribution in [0.4, 0.5) is 0 Å². The molecule has 0 spiro atoms. The summed E-state index contributed by atoms with van der Waals surface area (Å²) in [6.07, 6.45) is 2.11. The minimum absolute atomic E-state index is 0.277. The summed E-state index contributed by atoms with van der Waals surface area (Å²) in [6, 6.07) is 9.85. The Morgan fingerprint density at radius 1 is 1.25 bits per heavy atom. The van der Waals surface area contributed by atoms with Crippen molar-refractivity contribution < 1.29 is 0 Å². The third-order valence-electron chi connectivity index (χ3n) is 3.05. The van der Waals surface area contributed by atoms with Gasteiger partial charge in [-0.25, -0.2) is 0 Å². The van der Waals surface area contributed by atoms with Gasteiger partial charge < -0.3 is 5.32 Å². The Balaban J connectivity index is 2.16. The van der Waals surface area contributed by atoms with Crippen LogP contribution in [0.5, 0.6) is 0 Å². The number of aromatic nitrogens is 2. The van der Waals surface area contributed by atoms with E-state index in [1.54, 1.807) is 11.3 Å². The normalized spacial score (nSPS) is 12.1. The van der Waals surface area contributed by atoms with E-state index >= 15 is 0 Å². The summed E-state index contributed by atoms with van der Waals surface area (Å²) in [5.74, 6) is 0. The smallest absolute Gasteiger partial charge is 0.147 e. The van der Waals surface area contributed by atoms with Crippen LogP contribution in [0.25, 0.3) is 10.6 Å². The van der Waals surface area contributed by atoms with E-state index in [4.69, 9.17) is 5.26 Å². The fourth-order valence-corrected chi connectivity index (χ4v) is 2.91. The molecule has 1 unspecified atom stereocenters. The first kappa shape index (κ1) is 14.6. The van der Waals surface area contributed by atoms with Crippen LogP contribution in [0, 0.1) is 11.3 Å². The van der Waals surface area contributed by atoms with Gasteiger partial charge in [-0.1, -0.05) is 37.3 Å². The van der Waals surface area contributed by atoms with Crippen LogP contribution in [0.15, 0.2) is 24.3 Å². The second-order valence-corrected chi connectivity index (χ2v) is 5.56. The highest BCUT2D eigenvalue weighted by Gasteiger charge is 2.14. The van der Waals surface area contributed by atoms with Gasteiger partial charge in [-0.05, 0) is 31.5 Å². The largest absolute Gasteiger partial charge is 0.308 e. The van der Waals surface area contributed by atoms with Crippen molar-refractivity contribution in [2.45, 2.75) is 32.7 Å². The molecule has 0 aliphatic rings. The van der Waals surface area contributed by atoms with Crippen molar-refractivity contribution in [2.75, 3.05) is 6.54 Å². The number of nitrogens with zero attached hydrogens (tertiary/aromatic N) is 3. The monoisotopic (exact) mass is 286 g/mol. The summed E-state index contributed by atoms with van der Waals surface area (Å²) in [7, 11) is 0. The Labute approximate surface area is 123 Å². The summed E-state index contributed by atoms with van der Waals surface area (Å²) in [6.45, 7) is 5.29. The molecule has 0 aliphatic heterocycles. The van der Waals surface area contributed by atoms with Crippen molar-refractivity contribution in [3.05, 3.63) is 34.8 Å². The maximum absolute atomic E-state index is 8.81. The molecular formula is C15H18N4S. The zero-order valence-electron chi connectivity index (χ0n) is 11.8. The number of nitrogens with one attached hydrogen (secondary N) is 1. The van der Waals surface area contributed by atoms with E-state index in [1.807, 2.05) is 24.3 Å². The first-order valence-electron chi connectivity index (χ1n) is 6.85. The molecule has 0 radical (unpaired) electrons. The minimum Gasteiger partial charge on any atom is -0.308 e. The molecule has 0 fully saturated rings. The van der Waals surface area contributed by atoms with Crippen LogP contribution in [0.2, 0.25) is 0 Å². The number of rotatable bonds is 6. The zero-order valence-corrected chi connectivity index (χ0v) is 12.6. The van der Waals surface area contributed by atoms with Crippen LogP contribution in [0.1, 0.15) is 43.3 Å². The molecule has 104 valence electrons. The average molecular weight is 286 g/mol. The lowest BCUT2D eigenvalue weighted by Crippen LogP contribution is -2.21. The molecular weight excluding hydrogens is 268 g/mol. The molecule has 0 bridgehead atoms. The van der Waals surface area contributed by atoms with Crippen molar-refractivity contribution >= 4 is 11.3 Å². The van der Waals surface area contributed by atoms with Gasteiger partial charge in [0.05, 0.1) is 17.7 Å². The van der Waals surface area contributed by atoms with E-state index < -0.39 is 0 Å². The second-order valence-electron chi connectivity index (χ2n) is 4.55. The summed E-state index contributed by atoms with van der Waals surface area (Å²) in [5, 5.41) is 22.8. The van der Waals surface area contributed by atoms with Crippen LogP contribution >= 0.6 is 11.3 Å². The van der Waals surface area contributed by atoms with Crippen molar-refractivity contribution in [1.29, 1.82) is 5.26 Å². The highest BCUT2D eigenvalue weighted by molar-refractivity contribution is 7.14. The van der Waals surface area contributed by atoms with Gasteiger partial charge in [-0.3, -0.25) is 0 Å². The van der Waals surface area contributed by atoms with Crippen molar-refractivity contribution in [1.82, 2.24) is 15.5 Å². The van der Waals surface area contributed by atoms with Gasteiger partial charge in [0.15, 0.2) is 0 Å². The Morgan fingerprint density at radius 3 is 2.60 bits per heavy atom. The molecule has 1 heterocycles. The van der Waals surface area contributed by atoms with Crippen molar-refractivity contribution in [2.24, 2.45) is 0 Å². The van der Waals surface area contributed by atoms with Crippen molar-refractivity contribution in [3.63, 3.8) is 0 Å². The van der Waals surface area contributed by atoms with Crippen molar-refractivity contribution in [3.8, 4) is 16.6 Å². The number of nitriles is 1. The standard InChI is InChI=1S/C15H18N4S/c1-3-9-17-13(4-2)15-19-18-14(20-15)12-7-5-11(10-16)6-8-12/h5-8,13,17H,3-4,9H2,1-2H3. The predicted molar refractivity (Wildman–Crippen MR) is 81.4 cm³/mol. The van der Waals surface area contributed by atoms with Gasteiger partial charge in [-0.15, -0.1) is 10.2 Å². The van der Waals surface area contributed by atoms with Crippen LogP contribution in [0.3, 0.4) is 0 Å². The molecule has 0 saturated carbocycles. The van der Waals surface area contributed by atoms with Crippen LogP contribution < -0.4 is 5.32 Å². The van der Waals surface area contributed by atoms with Gasteiger partial charge in [0.2, 0.25) is 0 Å². The molecule has 5 heteroatoms. The molecule has 2 rings (SSSR count). The Morgan fingerprint density at radius 2 is 2.00 bits per heavy atom. The SMILES string of the molecule is CCCNC(CC)c1nnc(-c2ccc(C#N)cc2)s1. The van der Waals surface area contributed by atoms with Crippen LogP contribution in [-0.2, 0) is 0 Å². The number of hydrogen-bond acceptors (Lipinski definition) is 5. The maximum Gasteiger partial charge on any atom is 0.147 e. The summed E-state index contributed by atoms with van der Waals surface area (Å²) >= 11 is 1.61. The number of benzene rings is 1. The fourth-order valence-electron chi connectivity index (χ4n) is 1.90. The lowest BCUT2D eigenvalue weighted by molar-refractivity contribution is 0.513. The molecule has 0 aliphatic carbocycles. The Hall–Kier alpha value is -1.77. The topological polar surface area (TPSA) is 61.6 Å². The molecule has 1 N–H and O–H groups in total. The van der Waals surface area contributed by atoms with E-state index in [2.05, 4.69) is 35.4 Å². The summed E-state index contributed by atoms with van der Waals surface area (Å²) in [5.41, 5.74) is 1.67. The van der Waals surface area contributed by atoms with E-state index in [0.717, 1.165) is 35.0 Å². The molecule has 4 nitrogen and oxygen atoms in total. The highest BCUT2D eigenvalue weighted by Crippen LogP contribution is 2.28. The highest BCUT2D eigenvalue weighted by atomic mass is 32.1. The minimum atomic E-state index is 0.277.